The molecule has 0 saturated carbocycles. The zero-order chi connectivity index (χ0) is 11.0. The first-order chi connectivity index (χ1) is 6.54. The van der Waals surface area contributed by atoms with Crippen molar-refractivity contribution in [1.29, 1.82) is 0 Å². The molecule has 4 heteroatoms. The van der Waals surface area contributed by atoms with Gasteiger partial charge < -0.3 is 9.62 Å². The third-order valence-electron chi connectivity index (χ3n) is 2.29. The molecule has 0 aliphatic rings. The van der Waals surface area contributed by atoms with Gasteiger partial charge in [-0.05, 0) is 26.7 Å². The Bertz CT molecular complexity index is 166. The monoisotopic (exact) mass is 204 g/mol. The van der Waals surface area contributed by atoms with Crippen molar-refractivity contribution < 1.29 is 19.7 Å². The van der Waals surface area contributed by atoms with Crippen LogP contribution in [0.1, 0.15) is 39.5 Å². The Kier molecular flexibility index (Phi) is 6.49. The zero-order valence-corrected chi connectivity index (χ0v) is 9.21. The fraction of sp³-hybridized carbons (Fsp3) is 0.900. The zero-order valence-electron chi connectivity index (χ0n) is 9.21. The maximum absolute atomic E-state index is 11.1. The van der Waals surface area contributed by atoms with Crippen molar-refractivity contribution >= 4 is 5.97 Å². The van der Waals surface area contributed by atoms with Gasteiger partial charge in [0.25, 0.3) is 0 Å². The number of methoxy groups -OCH3 is 1. The quantitative estimate of drug-likeness (QED) is 0.392. The summed E-state index contributed by atoms with van der Waals surface area (Å²) in [5.41, 5.74) is -0.595. The molecule has 1 N–H and O–H groups in total. The Morgan fingerprint density at radius 2 is 1.93 bits per heavy atom. The SMILES string of the molecule is COCCCCCC(C)(C)C(=O)OO. The molecule has 0 rings (SSSR count). The lowest BCUT2D eigenvalue weighted by Gasteiger charge is -2.19. The Morgan fingerprint density at radius 3 is 2.43 bits per heavy atom. The van der Waals surface area contributed by atoms with Crippen LogP contribution in [-0.4, -0.2) is 24.9 Å². The van der Waals surface area contributed by atoms with Crippen LogP contribution in [0.5, 0.6) is 0 Å². The van der Waals surface area contributed by atoms with E-state index >= 15 is 0 Å². The molecular weight excluding hydrogens is 184 g/mol. The maximum Gasteiger partial charge on any atom is 0.347 e. The molecule has 0 unspecified atom stereocenters. The summed E-state index contributed by atoms with van der Waals surface area (Å²) in [4.78, 5) is 14.8. The first kappa shape index (κ1) is 13.4. The van der Waals surface area contributed by atoms with E-state index in [4.69, 9.17) is 9.99 Å². The van der Waals surface area contributed by atoms with Gasteiger partial charge in [-0.1, -0.05) is 12.8 Å². The number of carbonyl (C=O) groups excluding carboxylic acids is 1. The van der Waals surface area contributed by atoms with Gasteiger partial charge in [-0.3, -0.25) is 0 Å². The largest absolute Gasteiger partial charge is 0.385 e. The van der Waals surface area contributed by atoms with E-state index in [1.165, 1.54) is 0 Å². The number of rotatable bonds is 7. The van der Waals surface area contributed by atoms with E-state index in [1.54, 1.807) is 21.0 Å². The fourth-order valence-electron chi connectivity index (χ4n) is 1.22. The Hall–Kier alpha value is -0.610. The number of unbranched alkanes of at least 4 members (excludes halogenated alkanes) is 2. The van der Waals surface area contributed by atoms with Crippen LogP contribution in [-0.2, 0) is 14.4 Å². The Balaban J connectivity index is 3.60. The summed E-state index contributed by atoms with van der Waals surface area (Å²) < 4.78 is 4.91. The molecule has 0 aliphatic heterocycles. The molecule has 14 heavy (non-hydrogen) atoms. The van der Waals surface area contributed by atoms with Gasteiger partial charge in [0.05, 0.1) is 5.41 Å². The maximum atomic E-state index is 11.1. The highest BCUT2D eigenvalue weighted by Gasteiger charge is 2.28. The molecule has 0 atom stereocenters. The Morgan fingerprint density at radius 1 is 1.29 bits per heavy atom. The average Bonchev–Trinajstić information content (AvgIpc) is 2.16. The van der Waals surface area contributed by atoms with Gasteiger partial charge in [-0.2, -0.15) is 5.26 Å². The van der Waals surface area contributed by atoms with E-state index in [1.807, 2.05) is 0 Å². The molecule has 0 aromatic carbocycles. The minimum absolute atomic E-state index is 0.566. The summed E-state index contributed by atoms with van der Waals surface area (Å²) in [5, 5.41) is 8.24. The molecule has 4 nitrogen and oxygen atoms in total. The minimum atomic E-state index is -0.595. The van der Waals surface area contributed by atoms with E-state index in [9.17, 15) is 4.79 Å². The van der Waals surface area contributed by atoms with E-state index in [-0.39, 0.29) is 0 Å². The first-order valence-electron chi connectivity index (χ1n) is 4.89. The molecule has 0 bridgehead atoms. The van der Waals surface area contributed by atoms with E-state index < -0.39 is 11.4 Å². The van der Waals surface area contributed by atoms with Gasteiger partial charge in [0.1, 0.15) is 0 Å². The highest BCUT2D eigenvalue weighted by atomic mass is 17.1. The summed E-state index contributed by atoms with van der Waals surface area (Å²) in [6.07, 6.45) is 3.68. The van der Waals surface area contributed by atoms with E-state index in [2.05, 4.69) is 4.89 Å². The lowest BCUT2D eigenvalue weighted by molar-refractivity contribution is -0.244. The van der Waals surface area contributed by atoms with Crippen molar-refractivity contribution in [1.82, 2.24) is 0 Å². The minimum Gasteiger partial charge on any atom is -0.385 e. The molecule has 0 saturated heterocycles. The molecular formula is C10H20O4. The van der Waals surface area contributed by atoms with Crippen molar-refractivity contribution in [3.05, 3.63) is 0 Å². The standard InChI is InChI=1S/C10H20O4/c1-10(2,9(11)14-12)7-5-4-6-8-13-3/h12H,4-8H2,1-3H3. The normalized spacial score (nSPS) is 11.4. The summed E-state index contributed by atoms with van der Waals surface area (Å²) in [5.74, 6) is -0.566. The number of ether oxygens (including phenoxy) is 1. The highest BCUT2D eigenvalue weighted by Crippen LogP contribution is 2.24. The van der Waals surface area contributed by atoms with Crippen LogP contribution in [0.15, 0.2) is 0 Å². The molecule has 0 spiro atoms. The number of hydrogen-bond acceptors (Lipinski definition) is 4. The predicted molar refractivity (Wildman–Crippen MR) is 52.8 cm³/mol. The molecule has 84 valence electrons. The van der Waals surface area contributed by atoms with Crippen LogP contribution in [0, 0.1) is 5.41 Å². The molecule has 0 fully saturated rings. The van der Waals surface area contributed by atoms with Crippen LogP contribution in [0.2, 0.25) is 0 Å². The van der Waals surface area contributed by atoms with Gasteiger partial charge >= 0.3 is 5.97 Å². The van der Waals surface area contributed by atoms with E-state index in [0.29, 0.717) is 0 Å². The van der Waals surface area contributed by atoms with Crippen LogP contribution < -0.4 is 0 Å². The van der Waals surface area contributed by atoms with Crippen molar-refractivity contribution in [2.24, 2.45) is 5.41 Å². The van der Waals surface area contributed by atoms with Gasteiger partial charge in [-0.25, -0.2) is 4.79 Å². The molecule has 0 heterocycles. The summed E-state index contributed by atoms with van der Waals surface area (Å²) in [7, 11) is 1.67. The van der Waals surface area contributed by atoms with Gasteiger partial charge in [0.15, 0.2) is 0 Å². The van der Waals surface area contributed by atoms with Crippen molar-refractivity contribution in [2.45, 2.75) is 39.5 Å². The molecule has 0 amide bonds. The molecule has 0 radical (unpaired) electrons. The second kappa shape index (κ2) is 6.79. The average molecular weight is 204 g/mol. The van der Waals surface area contributed by atoms with Gasteiger partial charge in [0.2, 0.25) is 0 Å². The third-order valence-corrected chi connectivity index (χ3v) is 2.29. The fourth-order valence-corrected chi connectivity index (χ4v) is 1.22. The lowest BCUT2D eigenvalue weighted by Crippen LogP contribution is -2.25. The lowest BCUT2D eigenvalue weighted by atomic mass is 9.87. The molecule has 0 aromatic heterocycles. The van der Waals surface area contributed by atoms with Crippen LogP contribution in [0.3, 0.4) is 0 Å². The number of carbonyl (C=O) groups is 1. The van der Waals surface area contributed by atoms with Crippen LogP contribution in [0.25, 0.3) is 0 Å². The van der Waals surface area contributed by atoms with Gasteiger partial charge in [-0.15, -0.1) is 0 Å². The smallest absolute Gasteiger partial charge is 0.347 e. The highest BCUT2D eigenvalue weighted by molar-refractivity contribution is 5.75. The van der Waals surface area contributed by atoms with Crippen LogP contribution >= 0.6 is 0 Å². The molecule has 0 aromatic rings. The van der Waals surface area contributed by atoms with Crippen molar-refractivity contribution in [3.8, 4) is 0 Å². The summed E-state index contributed by atoms with van der Waals surface area (Å²) in [6.45, 7) is 4.29. The molecule has 0 aliphatic carbocycles. The van der Waals surface area contributed by atoms with Gasteiger partial charge in [0, 0.05) is 13.7 Å². The predicted octanol–water partition coefficient (Wildman–Crippen LogP) is 2.24. The third kappa shape index (κ3) is 5.19. The first-order valence-corrected chi connectivity index (χ1v) is 4.89. The summed E-state index contributed by atoms with van der Waals surface area (Å²) >= 11 is 0. The van der Waals surface area contributed by atoms with E-state index in [0.717, 1.165) is 32.3 Å². The van der Waals surface area contributed by atoms with Crippen molar-refractivity contribution in [3.63, 3.8) is 0 Å². The van der Waals surface area contributed by atoms with Crippen molar-refractivity contribution in [2.75, 3.05) is 13.7 Å². The second-order valence-electron chi connectivity index (χ2n) is 4.07. The summed E-state index contributed by atoms with van der Waals surface area (Å²) in [6, 6.07) is 0. The number of hydrogen-bond donors (Lipinski definition) is 1. The second-order valence-corrected chi connectivity index (χ2v) is 4.07. The Labute approximate surface area is 85.1 Å². The topological polar surface area (TPSA) is 55.8 Å². The van der Waals surface area contributed by atoms with Crippen LogP contribution in [0.4, 0.5) is 0 Å².